The SMILES string of the molecule is CCC(C)(C)C(=O)OC(C)C1N=C(C)OC1=O. The average molecular weight is 241 g/mol. The molecule has 1 aliphatic heterocycles. The average Bonchev–Trinajstić information content (AvgIpc) is 2.57. The maximum Gasteiger partial charge on any atom is 0.341 e. The first-order chi connectivity index (χ1) is 7.77. The Bertz CT molecular complexity index is 360. The Hall–Kier alpha value is -1.39. The van der Waals surface area contributed by atoms with Crippen LogP contribution in [0.1, 0.15) is 41.0 Å². The Morgan fingerprint density at radius 3 is 2.59 bits per heavy atom. The van der Waals surface area contributed by atoms with Crippen LogP contribution < -0.4 is 0 Å². The van der Waals surface area contributed by atoms with Gasteiger partial charge in [-0.1, -0.05) is 6.92 Å². The van der Waals surface area contributed by atoms with Crippen LogP contribution in [0.5, 0.6) is 0 Å². The highest BCUT2D eigenvalue weighted by molar-refractivity contribution is 5.96. The number of rotatable bonds is 4. The standard InChI is InChI=1S/C12H19NO4/c1-6-12(4,5)11(15)16-7(2)9-10(14)17-8(3)13-9/h7,9H,6H2,1-5H3. The van der Waals surface area contributed by atoms with E-state index in [0.717, 1.165) is 0 Å². The lowest BCUT2D eigenvalue weighted by Crippen LogP contribution is -2.36. The summed E-state index contributed by atoms with van der Waals surface area (Å²) < 4.78 is 10.1. The molecule has 1 heterocycles. The van der Waals surface area contributed by atoms with Crippen LogP contribution in [0.2, 0.25) is 0 Å². The molecule has 0 aromatic rings. The normalized spacial score (nSPS) is 21.8. The number of esters is 2. The molecular weight excluding hydrogens is 222 g/mol. The highest BCUT2D eigenvalue weighted by Crippen LogP contribution is 2.24. The third-order valence-electron chi connectivity index (χ3n) is 2.98. The van der Waals surface area contributed by atoms with Crippen molar-refractivity contribution in [3.8, 4) is 0 Å². The molecule has 1 aliphatic rings. The van der Waals surface area contributed by atoms with E-state index in [1.807, 2.05) is 20.8 Å². The Balaban J connectivity index is 2.64. The second-order valence-corrected chi connectivity index (χ2v) is 4.86. The van der Waals surface area contributed by atoms with Crippen molar-refractivity contribution in [2.45, 2.75) is 53.2 Å². The summed E-state index contributed by atoms with van der Waals surface area (Å²) in [6.45, 7) is 8.78. The number of nitrogens with zero attached hydrogens (tertiary/aromatic N) is 1. The molecule has 0 saturated heterocycles. The van der Waals surface area contributed by atoms with Crippen molar-refractivity contribution in [2.24, 2.45) is 10.4 Å². The van der Waals surface area contributed by atoms with Crippen molar-refractivity contribution in [3.05, 3.63) is 0 Å². The summed E-state index contributed by atoms with van der Waals surface area (Å²) in [7, 11) is 0. The second kappa shape index (κ2) is 4.85. The quantitative estimate of drug-likeness (QED) is 0.703. The van der Waals surface area contributed by atoms with Crippen molar-refractivity contribution in [2.75, 3.05) is 0 Å². The summed E-state index contributed by atoms with van der Waals surface area (Å²) in [5, 5.41) is 0. The van der Waals surface area contributed by atoms with Gasteiger partial charge < -0.3 is 9.47 Å². The fourth-order valence-corrected chi connectivity index (χ4v) is 1.31. The van der Waals surface area contributed by atoms with Gasteiger partial charge in [0.1, 0.15) is 6.10 Å². The third-order valence-corrected chi connectivity index (χ3v) is 2.98. The van der Waals surface area contributed by atoms with E-state index >= 15 is 0 Å². The number of carbonyl (C=O) groups excluding carboxylic acids is 2. The van der Waals surface area contributed by atoms with Gasteiger partial charge in [0.15, 0.2) is 11.9 Å². The molecule has 0 saturated carbocycles. The minimum Gasteiger partial charge on any atom is -0.459 e. The first-order valence-corrected chi connectivity index (χ1v) is 5.75. The topological polar surface area (TPSA) is 65.0 Å². The molecule has 0 radical (unpaired) electrons. The number of hydrogen-bond acceptors (Lipinski definition) is 5. The molecule has 0 aromatic heterocycles. The minimum absolute atomic E-state index is 0.317. The summed E-state index contributed by atoms with van der Waals surface area (Å²) in [4.78, 5) is 27.2. The van der Waals surface area contributed by atoms with E-state index in [2.05, 4.69) is 4.99 Å². The van der Waals surface area contributed by atoms with Gasteiger partial charge in [-0.25, -0.2) is 9.79 Å². The number of carbonyl (C=O) groups is 2. The number of ether oxygens (including phenoxy) is 2. The van der Waals surface area contributed by atoms with Crippen molar-refractivity contribution in [3.63, 3.8) is 0 Å². The van der Waals surface area contributed by atoms with Gasteiger partial charge in [0.25, 0.3) is 0 Å². The van der Waals surface area contributed by atoms with Crippen LogP contribution in [0.25, 0.3) is 0 Å². The van der Waals surface area contributed by atoms with E-state index in [1.165, 1.54) is 0 Å². The van der Waals surface area contributed by atoms with Crippen LogP contribution in [0.3, 0.4) is 0 Å². The fourth-order valence-electron chi connectivity index (χ4n) is 1.31. The molecule has 2 atom stereocenters. The van der Waals surface area contributed by atoms with Crippen molar-refractivity contribution in [1.29, 1.82) is 0 Å². The lowest BCUT2D eigenvalue weighted by Gasteiger charge is -2.24. The predicted octanol–water partition coefficient (Wildman–Crippen LogP) is 1.70. The molecule has 5 heteroatoms. The number of hydrogen-bond donors (Lipinski definition) is 0. The lowest BCUT2D eigenvalue weighted by molar-refractivity contribution is -0.161. The van der Waals surface area contributed by atoms with Crippen molar-refractivity contribution < 1.29 is 19.1 Å². The second-order valence-electron chi connectivity index (χ2n) is 4.86. The molecule has 0 N–H and O–H groups in total. The van der Waals surface area contributed by atoms with E-state index < -0.39 is 23.5 Å². The Kier molecular flexibility index (Phi) is 3.91. The van der Waals surface area contributed by atoms with E-state index in [-0.39, 0.29) is 5.97 Å². The minimum atomic E-state index is -0.730. The molecule has 0 fully saturated rings. The molecule has 0 amide bonds. The number of cyclic esters (lactones) is 1. The Labute approximate surface area is 101 Å². The zero-order chi connectivity index (χ0) is 13.2. The predicted molar refractivity (Wildman–Crippen MR) is 62.6 cm³/mol. The third kappa shape index (κ3) is 3.05. The zero-order valence-electron chi connectivity index (χ0n) is 10.9. The van der Waals surface area contributed by atoms with Crippen molar-refractivity contribution in [1.82, 2.24) is 0 Å². The maximum absolute atomic E-state index is 11.8. The largest absolute Gasteiger partial charge is 0.459 e. The van der Waals surface area contributed by atoms with Gasteiger partial charge in [-0.2, -0.15) is 0 Å². The molecule has 0 aromatic carbocycles. The van der Waals surface area contributed by atoms with Gasteiger partial charge in [0.05, 0.1) is 5.41 Å². The highest BCUT2D eigenvalue weighted by Gasteiger charge is 2.37. The number of aliphatic imine (C=N–C) groups is 1. The summed E-state index contributed by atoms with van der Waals surface area (Å²) >= 11 is 0. The first kappa shape index (κ1) is 13.7. The summed E-state index contributed by atoms with van der Waals surface area (Å²) in [5.74, 6) is -0.463. The first-order valence-electron chi connectivity index (χ1n) is 5.75. The molecule has 17 heavy (non-hydrogen) atoms. The molecule has 0 bridgehead atoms. The fraction of sp³-hybridized carbons (Fsp3) is 0.750. The molecular formula is C12H19NO4. The highest BCUT2D eigenvalue weighted by atomic mass is 16.6. The van der Waals surface area contributed by atoms with Crippen LogP contribution in [0.4, 0.5) is 0 Å². The van der Waals surface area contributed by atoms with Gasteiger partial charge in [-0.3, -0.25) is 4.79 Å². The van der Waals surface area contributed by atoms with Crippen LogP contribution >= 0.6 is 0 Å². The molecule has 96 valence electrons. The monoisotopic (exact) mass is 241 g/mol. The van der Waals surface area contributed by atoms with Gasteiger partial charge >= 0.3 is 11.9 Å². The molecule has 1 rings (SSSR count). The van der Waals surface area contributed by atoms with Crippen molar-refractivity contribution >= 4 is 17.8 Å². The summed E-state index contributed by atoms with van der Waals surface area (Å²) in [6, 6.07) is -0.730. The molecule has 5 nitrogen and oxygen atoms in total. The van der Waals surface area contributed by atoms with E-state index in [1.54, 1.807) is 13.8 Å². The molecule has 0 aliphatic carbocycles. The Morgan fingerprint density at radius 1 is 1.59 bits per heavy atom. The smallest absolute Gasteiger partial charge is 0.341 e. The molecule has 0 spiro atoms. The molecule has 2 unspecified atom stereocenters. The van der Waals surface area contributed by atoms with E-state index in [9.17, 15) is 9.59 Å². The summed E-state index contributed by atoms with van der Waals surface area (Å²) in [6.07, 6.45) is 0.0777. The summed E-state index contributed by atoms with van der Waals surface area (Å²) in [5.41, 5.74) is -0.546. The zero-order valence-corrected chi connectivity index (χ0v) is 10.9. The van der Waals surface area contributed by atoms with E-state index in [4.69, 9.17) is 9.47 Å². The van der Waals surface area contributed by atoms with E-state index in [0.29, 0.717) is 12.3 Å². The van der Waals surface area contributed by atoms with Crippen LogP contribution in [-0.2, 0) is 19.1 Å². The van der Waals surface area contributed by atoms with Gasteiger partial charge in [0.2, 0.25) is 0 Å². The Morgan fingerprint density at radius 2 is 2.18 bits per heavy atom. The van der Waals surface area contributed by atoms with Crippen LogP contribution in [0, 0.1) is 5.41 Å². The van der Waals surface area contributed by atoms with Gasteiger partial charge in [-0.15, -0.1) is 0 Å². The van der Waals surface area contributed by atoms with Crippen LogP contribution in [0.15, 0.2) is 4.99 Å². The maximum atomic E-state index is 11.8. The van der Waals surface area contributed by atoms with Gasteiger partial charge in [0, 0.05) is 6.92 Å². The lowest BCUT2D eigenvalue weighted by atomic mass is 9.90. The van der Waals surface area contributed by atoms with Crippen LogP contribution in [-0.4, -0.2) is 30.0 Å². The van der Waals surface area contributed by atoms with Gasteiger partial charge in [-0.05, 0) is 27.2 Å².